The van der Waals surface area contributed by atoms with Crippen LogP contribution in [-0.4, -0.2) is 46.1 Å². The van der Waals surface area contributed by atoms with E-state index in [0.29, 0.717) is 11.5 Å². The van der Waals surface area contributed by atoms with E-state index in [2.05, 4.69) is 5.32 Å². The summed E-state index contributed by atoms with van der Waals surface area (Å²) in [6, 6.07) is 13.0. The van der Waals surface area contributed by atoms with Crippen LogP contribution < -0.4 is 10.1 Å². The molecule has 33 heavy (non-hydrogen) atoms. The normalized spacial score (nSPS) is 12.0. The van der Waals surface area contributed by atoms with Crippen molar-refractivity contribution in [2.24, 2.45) is 0 Å². The van der Waals surface area contributed by atoms with Crippen LogP contribution in [0.25, 0.3) is 0 Å². The molecular formula is C24H31N3O5S. The lowest BCUT2D eigenvalue weighted by Crippen LogP contribution is -2.52. The van der Waals surface area contributed by atoms with Crippen molar-refractivity contribution in [3.8, 4) is 5.75 Å². The number of non-ortho nitro benzene ring substituents is 1. The van der Waals surface area contributed by atoms with Gasteiger partial charge < -0.3 is 15.0 Å². The number of hydrogen-bond acceptors (Lipinski definition) is 6. The molecule has 2 rings (SSSR count). The molecule has 8 nitrogen and oxygen atoms in total. The highest BCUT2D eigenvalue weighted by atomic mass is 32.2. The van der Waals surface area contributed by atoms with Crippen LogP contribution in [0.2, 0.25) is 0 Å². The highest BCUT2D eigenvalue weighted by Crippen LogP contribution is 2.20. The van der Waals surface area contributed by atoms with Crippen LogP contribution in [0, 0.1) is 10.1 Å². The van der Waals surface area contributed by atoms with Crippen molar-refractivity contribution in [2.75, 3.05) is 12.9 Å². The van der Waals surface area contributed by atoms with Gasteiger partial charge >= 0.3 is 0 Å². The number of benzene rings is 2. The van der Waals surface area contributed by atoms with Crippen LogP contribution in [0.5, 0.6) is 5.75 Å². The zero-order valence-electron chi connectivity index (χ0n) is 19.7. The molecule has 1 N–H and O–H groups in total. The molecule has 2 aromatic rings. The van der Waals surface area contributed by atoms with Crippen molar-refractivity contribution in [3.05, 3.63) is 69.8 Å². The van der Waals surface area contributed by atoms with Crippen molar-refractivity contribution < 1.29 is 19.2 Å². The Morgan fingerprint density at radius 1 is 1.15 bits per heavy atom. The van der Waals surface area contributed by atoms with Gasteiger partial charge in [0.1, 0.15) is 11.8 Å². The third kappa shape index (κ3) is 8.42. The molecule has 0 fully saturated rings. The Labute approximate surface area is 198 Å². The maximum absolute atomic E-state index is 13.2. The fourth-order valence-electron chi connectivity index (χ4n) is 3.08. The second-order valence-corrected chi connectivity index (χ2v) is 9.69. The summed E-state index contributed by atoms with van der Waals surface area (Å²) in [5, 5.41) is 13.7. The van der Waals surface area contributed by atoms with Gasteiger partial charge in [0.05, 0.1) is 17.8 Å². The number of nitro benzene ring substituents is 1. The molecule has 1 atom stereocenters. The van der Waals surface area contributed by atoms with E-state index in [1.54, 1.807) is 31.1 Å². The van der Waals surface area contributed by atoms with Crippen LogP contribution in [0.3, 0.4) is 0 Å². The molecule has 0 aliphatic heterocycles. The lowest BCUT2D eigenvalue weighted by molar-refractivity contribution is -0.384. The average molecular weight is 474 g/mol. The fraction of sp³-hybridized carbons (Fsp3) is 0.417. The smallest absolute Gasteiger partial charge is 0.269 e. The maximum atomic E-state index is 13.2. The van der Waals surface area contributed by atoms with Gasteiger partial charge in [-0.2, -0.15) is 0 Å². The van der Waals surface area contributed by atoms with Crippen LogP contribution in [0.4, 0.5) is 5.69 Å². The fourth-order valence-corrected chi connectivity index (χ4v) is 3.95. The van der Waals surface area contributed by atoms with E-state index in [-0.39, 0.29) is 29.8 Å². The number of rotatable bonds is 10. The topological polar surface area (TPSA) is 102 Å². The minimum Gasteiger partial charge on any atom is -0.497 e. The number of hydrogen-bond donors (Lipinski definition) is 1. The van der Waals surface area contributed by atoms with Gasteiger partial charge in [0.25, 0.3) is 5.69 Å². The molecule has 0 aliphatic carbocycles. The minimum atomic E-state index is -0.664. The Morgan fingerprint density at radius 3 is 2.39 bits per heavy atom. The van der Waals surface area contributed by atoms with Gasteiger partial charge in [-0.1, -0.05) is 24.3 Å². The molecule has 0 aromatic heterocycles. The van der Waals surface area contributed by atoms with Crippen molar-refractivity contribution in [1.82, 2.24) is 10.2 Å². The number of methoxy groups -OCH3 is 1. The first kappa shape index (κ1) is 26.2. The summed E-state index contributed by atoms with van der Waals surface area (Å²) >= 11 is 1.40. The first-order valence-electron chi connectivity index (χ1n) is 10.6. The summed E-state index contributed by atoms with van der Waals surface area (Å²) in [5.41, 5.74) is 1.36. The van der Waals surface area contributed by atoms with Crippen LogP contribution >= 0.6 is 11.8 Å². The summed E-state index contributed by atoms with van der Waals surface area (Å²) in [6.07, 6.45) is 0. The molecule has 0 aliphatic rings. The second kappa shape index (κ2) is 11.7. The number of carbonyl (C=O) groups excluding carboxylic acids is 2. The van der Waals surface area contributed by atoms with Crippen LogP contribution in [0.15, 0.2) is 48.5 Å². The zero-order chi connectivity index (χ0) is 24.6. The highest BCUT2D eigenvalue weighted by molar-refractivity contribution is 7.99. The van der Waals surface area contributed by atoms with Crippen LogP contribution in [-0.2, 0) is 21.9 Å². The Hall–Kier alpha value is -3.07. The van der Waals surface area contributed by atoms with Gasteiger partial charge in [-0.05, 0) is 51.0 Å². The number of thioether (sulfide) groups is 1. The lowest BCUT2D eigenvalue weighted by Gasteiger charge is -2.31. The molecule has 178 valence electrons. The third-order valence-electron chi connectivity index (χ3n) is 4.79. The summed E-state index contributed by atoms with van der Waals surface area (Å²) in [4.78, 5) is 37.9. The summed E-state index contributed by atoms with van der Waals surface area (Å²) < 4.78 is 5.28. The van der Waals surface area contributed by atoms with E-state index < -0.39 is 16.5 Å². The van der Waals surface area contributed by atoms with E-state index in [1.807, 2.05) is 45.0 Å². The van der Waals surface area contributed by atoms with Gasteiger partial charge in [-0.15, -0.1) is 11.8 Å². The summed E-state index contributed by atoms with van der Waals surface area (Å²) in [6.45, 7) is 7.68. The predicted octanol–water partition coefficient (Wildman–Crippen LogP) is 4.17. The number of nitrogens with zero attached hydrogens (tertiary/aromatic N) is 2. The first-order valence-corrected chi connectivity index (χ1v) is 11.7. The molecule has 0 bridgehead atoms. The second-order valence-electron chi connectivity index (χ2n) is 8.70. The predicted molar refractivity (Wildman–Crippen MR) is 130 cm³/mol. The van der Waals surface area contributed by atoms with Crippen molar-refractivity contribution in [2.45, 2.75) is 51.6 Å². The molecule has 0 spiro atoms. The Bertz CT molecular complexity index is 973. The van der Waals surface area contributed by atoms with Gasteiger partial charge in [0, 0.05) is 30.0 Å². The highest BCUT2D eigenvalue weighted by Gasteiger charge is 2.28. The standard InChI is InChI=1S/C24H31N3O5S/c1-17(23(29)25-24(2,3)4)26(14-19-7-6-8-21(13-19)32-5)22(28)16-33-15-18-9-11-20(12-10-18)27(30)31/h6-13,17H,14-16H2,1-5H3,(H,25,29). The first-order chi connectivity index (χ1) is 15.5. The molecule has 0 saturated carbocycles. The molecular weight excluding hydrogens is 442 g/mol. The molecule has 2 aromatic carbocycles. The summed E-state index contributed by atoms with van der Waals surface area (Å²) in [5.74, 6) is 0.993. The molecule has 0 saturated heterocycles. The van der Waals surface area contributed by atoms with Crippen LogP contribution in [0.1, 0.15) is 38.8 Å². The molecule has 0 radical (unpaired) electrons. The lowest BCUT2D eigenvalue weighted by atomic mass is 10.1. The minimum absolute atomic E-state index is 0.0305. The molecule has 9 heteroatoms. The maximum Gasteiger partial charge on any atom is 0.269 e. The molecule has 1 unspecified atom stereocenters. The Kier molecular flexibility index (Phi) is 9.28. The van der Waals surface area contributed by atoms with E-state index in [4.69, 9.17) is 4.74 Å². The van der Waals surface area contributed by atoms with E-state index in [9.17, 15) is 19.7 Å². The van der Waals surface area contributed by atoms with E-state index in [0.717, 1.165) is 11.1 Å². The number of nitro groups is 1. The van der Waals surface area contributed by atoms with E-state index in [1.165, 1.54) is 23.9 Å². The van der Waals surface area contributed by atoms with Crippen molar-refractivity contribution in [3.63, 3.8) is 0 Å². The van der Waals surface area contributed by atoms with Gasteiger partial charge in [-0.25, -0.2) is 0 Å². The number of carbonyl (C=O) groups is 2. The van der Waals surface area contributed by atoms with Gasteiger partial charge in [0.15, 0.2) is 0 Å². The number of amides is 2. The Balaban J connectivity index is 2.10. The zero-order valence-corrected chi connectivity index (χ0v) is 20.5. The van der Waals surface area contributed by atoms with Crippen molar-refractivity contribution in [1.29, 1.82) is 0 Å². The largest absolute Gasteiger partial charge is 0.497 e. The third-order valence-corrected chi connectivity index (χ3v) is 5.78. The molecule has 2 amide bonds. The summed E-state index contributed by atoms with van der Waals surface area (Å²) in [7, 11) is 1.58. The van der Waals surface area contributed by atoms with Gasteiger partial charge in [0.2, 0.25) is 11.8 Å². The average Bonchev–Trinajstić information content (AvgIpc) is 2.76. The number of nitrogens with one attached hydrogen (secondary N) is 1. The molecule has 0 heterocycles. The quantitative estimate of drug-likeness (QED) is 0.410. The monoisotopic (exact) mass is 473 g/mol. The van der Waals surface area contributed by atoms with Crippen molar-refractivity contribution >= 4 is 29.3 Å². The number of ether oxygens (including phenoxy) is 1. The van der Waals surface area contributed by atoms with Gasteiger partial charge in [-0.3, -0.25) is 19.7 Å². The Morgan fingerprint density at radius 2 is 1.82 bits per heavy atom. The van der Waals surface area contributed by atoms with E-state index >= 15 is 0 Å². The SMILES string of the molecule is COc1cccc(CN(C(=O)CSCc2ccc([N+](=O)[O-])cc2)C(C)C(=O)NC(C)(C)C)c1.